The van der Waals surface area contributed by atoms with Gasteiger partial charge in [-0.05, 0) is 19.8 Å². The first-order chi connectivity index (χ1) is 6.66. The Bertz CT molecular complexity index is 185. The minimum atomic E-state index is 0.136. The van der Waals surface area contributed by atoms with Gasteiger partial charge in [0.05, 0.1) is 0 Å². The van der Waals surface area contributed by atoms with Crippen LogP contribution in [0.2, 0.25) is 0 Å². The smallest absolute Gasteiger partial charge is 0.135 e. The molecular weight excluding hydrogens is 196 g/mol. The van der Waals surface area contributed by atoms with Gasteiger partial charge < -0.3 is 0 Å². The maximum absolute atomic E-state index is 10.7. The third-order valence-corrected chi connectivity index (χ3v) is 2.38. The minimum absolute atomic E-state index is 0.136. The number of Topliss-reactive ketones (excluding diaryl/α,β-unsaturated/α-hetero) is 1. The van der Waals surface area contributed by atoms with Crippen LogP contribution in [0.25, 0.3) is 0 Å². The van der Waals surface area contributed by atoms with E-state index < -0.39 is 0 Å². The number of unbranched alkanes of at least 4 members (excludes halogenated alkanes) is 5. The van der Waals surface area contributed by atoms with Crippen molar-refractivity contribution < 1.29 is 4.79 Å². The van der Waals surface area contributed by atoms with Gasteiger partial charge in [0.25, 0.3) is 0 Å². The minimum Gasteiger partial charge on any atom is -0.300 e. The lowest BCUT2D eigenvalue weighted by Crippen LogP contribution is -1.88. The van der Waals surface area contributed by atoms with E-state index >= 15 is 0 Å². The van der Waals surface area contributed by atoms with Gasteiger partial charge in [0, 0.05) is 11.5 Å². The van der Waals surface area contributed by atoms with Crippen molar-refractivity contribution in [1.82, 2.24) is 0 Å². The van der Waals surface area contributed by atoms with E-state index in [1.165, 1.54) is 32.1 Å². The standard InChI is InChI=1S/C12H21ClO/c1-3-4-5-6-7-8-9-12(13)10-11(2)14/h9H,3-8,10H2,1-2H3/b12-9+. The van der Waals surface area contributed by atoms with Gasteiger partial charge in [0.1, 0.15) is 5.78 Å². The van der Waals surface area contributed by atoms with Gasteiger partial charge in [0.15, 0.2) is 0 Å². The van der Waals surface area contributed by atoms with E-state index in [1.807, 2.05) is 6.08 Å². The summed E-state index contributed by atoms with van der Waals surface area (Å²) in [5, 5.41) is 0.702. The highest BCUT2D eigenvalue weighted by atomic mass is 35.5. The number of hydrogen-bond acceptors (Lipinski definition) is 1. The predicted molar refractivity (Wildman–Crippen MR) is 62.6 cm³/mol. The quantitative estimate of drug-likeness (QED) is 0.548. The molecule has 0 fully saturated rings. The highest BCUT2D eigenvalue weighted by molar-refractivity contribution is 6.30. The van der Waals surface area contributed by atoms with Gasteiger partial charge in [0.2, 0.25) is 0 Å². The summed E-state index contributed by atoms with van der Waals surface area (Å²) in [4.78, 5) is 10.7. The summed E-state index contributed by atoms with van der Waals surface area (Å²) in [7, 11) is 0. The average Bonchev–Trinajstić information content (AvgIpc) is 2.10. The summed E-state index contributed by atoms with van der Waals surface area (Å²) in [5.41, 5.74) is 0. The number of rotatable bonds is 8. The normalized spacial score (nSPS) is 11.8. The number of ketones is 1. The van der Waals surface area contributed by atoms with Crippen molar-refractivity contribution in [2.75, 3.05) is 0 Å². The Kier molecular flexibility index (Phi) is 9.06. The van der Waals surface area contributed by atoms with Gasteiger partial charge in [-0.25, -0.2) is 0 Å². The van der Waals surface area contributed by atoms with Gasteiger partial charge in [-0.3, -0.25) is 4.79 Å². The van der Waals surface area contributed by atoms with E-state index in [2.05, 4.69) is 6.92 Å². The van der Waals surface area contributed by atoms with Crippen molar-refractivity contribution in [3.05, 3.63) is 11.1 Å². The summed E-state index contributed by atoms with van der Waals surface area (Å²) < 4.78 is 0. The Hall–Kier alpha value is -0.300. The van der Waals surface area contributed by atoms with Crippen LogP contribution in [0.5, 0.6) is 0 Å². The van der Waals surface area contributed by atoms with Crippen LogP contribution in [0.4, 0.5) is 0 Å². The van der Waals surface area contributed by atoms with E-state index in [0.29, 0.717) is 11.5 Å². The monoisotopic (exact) mass is 216 g/mol. The number of hydrogen-bond donors (Lipinski definition) is 0. The molecule has 0 heterocycles. The highest BCUT2D eigenvalue weighted by Gasteiger charge is 1.96. The lowest BCUT2D eigenvalue weighted by molar-refractivity contribution is -0.116. The average molecular weight is 217 g/mol. The number of halogens is 1. The zero-order chi connectivity index (χ0) is 10.8. The van der Waals surface area contributed by atoms with Gasteiger partial charge in [-0.15, -0.1) is 0 Å². The van der Waals surface area contributed by atoms with E-state index in [4.69, 9.17) is 11.6 Å². The van der Waals surface area contributed by atoms with Crippen LogP contribution >= 0.6 is 11.6 Å². The molecule has 0 aromatic carbocycles. The third kappa shape index (κ3) is 9.79. The van der Waals surface area contributed by atoms with Crippen molar-refractivity contribution in [1.29, 1.82) is 0 Å². The molecule has 0 rings (SSSR count). The molecule has 1 nitrogen and oxygen atoms in total. The van der Waals surface area contributed by atoms with E-state index in [-0.39, 0.29) is 5.78 Å². The Labute approximate surface area is 92.5 Å². The molecule has 0 aliphatic carbocycles. The molecule has 82 valence electrons. The molecule has 14 heavy (non-hydrogen) atoms. The van der Waals surface area contributed by atoms with Crippen molar-refractivity contribution in [2.45, 2.75) is 58.8 Å². The lowest BCUT2D eigenvalue weighted by atomic mass is 10.1. The molecule has 0 aromatic heterocycles. The second-order valence-electron chi connectivity index (χ2n) is 3.73. The zero-order valence-electron chi connectivity index (χ0n) is 9.31. The van der Waals surface area contributed by atoms with Crippen LogP contribution in [0.3, 0.4) is 0 Å². The Morgan fingerprint density at radius 2 is 1.86 bits per heavy atom. The molecule has 0 spiro atoms. The van der Waals surface area contributed by atoms with Crippen LogP contribution in [0.1, 0.15) is 58.8 Å². The van der Waals surface area contributed by atoms with Crippen LogP contribution < -0.4 is 0 Å². The molecule has 0 N–H and O–H groups in total. The van der Waals surface area contributed by atoms with Crippen molar-refractivity contribution in [3.63, 3.8) is 0 Å². The van der Waals surface area contributed by atoms with Crippen LogP contribution in [0.15, 0.2) is 11.1 Å². The van der Waals surface area contributed by atoms with Crippen molar-refractivity contribution >= 4 is 17.4 Å². The van der Waals surface area contributed by atoms with Crippen molar-refractivity contribution in [2.24, 2.45) is 0 Å². The first-order valence-electron chi connectivity index (χ1n) is 5.50. The van der Waals surface area contributed by atoms with Gasteiger partial charge in [-0.2, -0.15) is 0 Å². The fourth-order valence-electron chi connectivity index (χ4n) is 1.32. The van der Waals surface area contributed by atoms with Crippen molar-refractivity contribution in [3.8, 4) is 0 Å². The molecule has 0 amide bonds. The lowest BCUT2D eigenvalue weighted by Gasteiger charge is -1.97. The molecular formula is C12H21ClO. The van der Waals surface area contributed by atoms with Crippen LogP contribution in [-0.4, -0.2) is 5.78 Å². The summed E-state index contributed by atoms with van der Waals surface area (Å²) in [6.45, 7) is 3.78. The molecule has 0 saturated carbocycles. The predicted octanol–water partition coefficient (Wildman–Crippen LogP) is 4.45. The fourth-order valence-corrected chi connectivity index (χ4v) is 1.61. The number of carbonyl (C=O) groups excluding carboxylic acids is 1. The molecule has 0 aliphatic heterocycles. The van der Waals surface area contributed by atoms with E-state index in [1.54, 1.807) is 6.92 Å². The number of carbonyl (C=O) groups is 1. The summed E-state index contributed by atoms with van der Waals surface area (Å²) in [5.74, 6) is 0.136. The molecule has 0 aliphatic rings. The molecule has 0 bridgehead atoms. The molecule has 0 atom stereocenters. The summed E-state index contributed by atoms with van der Waals surface area (Å²) in [6, 6.07) is 0. The topological polar surface area (TPSA) is 17.1 Å². The van der Waals surface area contributed by atoms with Gasteiger partial charge in [-0.1, -0.05) is 50.3 Å². The third-order valence-electron chi connectivity index (χ3n) is 2.09. The first-order valence-corrected chi connectivity index (χ1v) is 5.88. The maximum atomic E-state index is 10.7. The fraction of sp³-hybridized carbons (Fsp3) is 0.750. The second kappa shape index (κ2) is 9.26. The van der Waals surface area contributed by atoms with E-state index in [0.717, 1.165) is 6.42 Å². The summed E-state index contributed by atoms with van der Waals surface area (Å²) >= 11 is 5.86. The SMILES string of the molecule is CCCCCCC/C=C(/Cl)CC(C)=O. The maximum Gasteiger partial charge on any atom is 0.135 e. The Morgan fingerprint density at radius 1 is 1.21 bits per heavy atom. The second-order valence-corrected chi connectivity index (χ2v) is 4.22. The van der Waals surface area contributed by atoms with Crippen LogP contribution in [0, 0.1) is 0 Å². The molecule has 0 unspecified atom stereocenters. The van der Waals surface area contributed by atoms with E-state index in [9.17, 15) is 4.79 Å². The Balaban J connectivity index is 3.36. The molecule has 0 aromatic rings. The largest absolute Gasteiger partial charge is 0.300 e. The Morgan fingerprint density at radius 3 is 2.43 bits per heavy atom. The van der Waals surface area contributed by atoms with Gasteiger partial charge >= 0.3 is 0 Å². The molecule has 2 heteroatoms. The molecule has 0 saturated heterocycles. The summed E-state index contributed by atoms with van der Waals surface area (Å²) in [6.07, 6.45) is 9.77. The zero-order valence-corrected chi connectivity index (χ0v) is 10.1. The highest BCUT2D eigenvalue weighted by Crippen LogP contribution is 2.12. The first kappa shape index (κ1) is 13.7. The van der Waals surface area contributed by atoms with Crippen LogP contribution in [-0.2, 0) is 4.79 Å². The number of allylic oxidation sites excluding steroid dienone is 2. The molecule has 0 radical (unpaired) electrons.